The third-order valence-electron chi connectivity index (χ3n) is 3.29. The number of likely N-dealkylation sites (tertiary alicyclic amines) is 1. The molecule has 0 aromatic heterocycles. The molecule has 120 valence electrons. The van der Waals surface area contributed by atoms with E-state index in [0.717, 1.165) is 0 Å². The maximum atomic E-state index is 12.6. The molecule has 22 heavy (non-hydrogen) atoms. The lowest BCUT2D eigenvalue weighted by molar-refractivity contribution is -0.121. The van der Waals surface area contributed by atoms with Gasteiger partial charge in [0.2, 0.25) is 0 Å². The molecule has 0 bridgehead atoms. The summed E-state index contributed by atoms with van der Waals surface area (Å²) in [5, 5.41) is 9.71. The number of nitrogens with zero attached hydrogens (tertiary/aromatic N) is 2. The predicted molar refractivity (Wildman–Crippen MR) is 84.6 cm³/mol. The summed E-state index contributed by atoms with van der Waals surface area (Å²) >= 11 is 5.99. The summed E-state index contributed by atoms with van der Waals surface area (Å²) in [5.41, 5.74) is 0.134. The molecular weight excluding hydrogens is 328 g/mol. The van der Waals surface area contributed by atoms with Gasteiger partial charge in [-0.3, -0.25) is 9.59 Å². The van der Waals surface area contributed by atoms with E-state index in [0.29, 0.717) is 19.4 Å². The largest absolute Gasteiger partial charge is 0.508 e. The number of benzene rings is 1. The molecule has 0 unspecified atom stereocenters. The molecule has 1 aromatic carbocycles. The Morgan fingerprint density at radius 2 is 2.09 bits per heavy atom. The molecule has 2 rings (SSSR count). The van der Waals surface area contributed by atoms with Gasteiger partial charge in [-0.2, -0.15) is 4.36 Å². The number of amides is 2. The Balaban J connectivity index is 2.31. The van der Waals surface area contributed by atoms with Crippen LogP contribution in [-0.2, 0) is 14.5 Å². The van der Waals surface area contributed by atoms with Crippen LogP contribution in [0.5, 0.6) is 5.75 Å². The van der Waals surface area contributed by atoms with Crippen molar-refractivity contribution in [2.75, 3.05) is 19.1 Å². The standard InChI is InChI=1S/C14H17ClN2O4S/c1-22(2,21)16-13(19)12-4-3-7-17(12)14(20)10-8-9(18)5-6-11(10)15/h5-6,8,12,18H,3-4,7H2,1-2H3/t12-/m0/s1. The molecule has 6 nitrogen and oxygen atoms in total. The van der Waals surface area contributed by atoms with Crippen LogP contribution in [0.4, 0.5) is 0 Å². The molecule has 1 fully saturated rings. The lowest BCUT2D eigenvalue weighted by Gasteiger charge is -2.22. The minimum atomic E-state index is -2.57. The first-order chi connectivity index (χ1) is 10.2. The second kappa shape index (κ2) is 6.26. The number of halogens is 1. The number of aromatic hydroxyl groups is 1. The summed E-state index contributed by atoms with van der Waals surface area (Å²) in [6.07, 6.45) is 3.87. The fraction of sp³-hybridized carbons (Fsp3) is 0.429. The molecule has 1 saturated heterocycles. The van der Waals surface area contributed by atoms with Crippen molar-refractivity contribution in [2.24, 2.45) is 4.36 Å². The van der Waals surface area contributed by atoms with Gasteiger partial charge in [-0.05, 0) is 31.0 Å². The number of carbonyl (C=O) groups is 2. The van der Waals surface area contributed by atoms with Crippen molar-refractivity contribution in [1.29, 1.82) is 0 Å². The predicted octanol–water partition coefficient (Wildman–Crippen LogP) is 1.90. The van der Waals surface area contributed by atoms with Crippen LogP contribution in [0.15, 0.2) is 22.6 Å². The first-order valence-electron chi connectivity index (χ1n) is 6.69. The van der Waals surface area contributed by atoms with Crippen molar-refractivity contribution < 1.29 is 18.9 Å². The van der Waals surface area contributed by atoms with E-state index in [4.69, 9.17) is 11.6 Å². The fourth-order valence-corrected chi connectivity index (χ4v) is 3.13. The monoisotopic (exact) mass is 344 g/mol. The molecule has 1 atom stereocenters. The smallest absolute Gasteiger partial charge is 0.276 e. The summed E-state index contributed by atoms with van der Waals surface area (Å²) in [6, 6.07) is 3.34. The Kier molecular flexibility index (Phi) is 4.77. The summed E-state index contributed by atoms with van der Waals surface area (Å²) in [4.78, 5) is 26.1. The van der Waals surface area contributed by atoms with Crippen LogP contribution in [0.1, 0.15) is 23.2 Å². The van der Waals surface area contributed by atoms with Crippen LogP contribution >= 0.6 is 11.6 Å². The lowest BCUT2D eigenvalue weighted by Crippen LogP contribution is -2.40. The highest BCUT2D eigenvalue weighted by molar-refractivity contribution is 7.92. The maximum Gasteiger partial charge on any atom is 0.276 e. The highest BCUT2D eigenvalue weighted by Crippen LogP contribution is 2.27. The Labute approximate surface area is 134 Å². The minimum absolute atomic E-state index is 0.0790. The van der Waals surface area contributed by atoms with Crippen LogP contribution in [0.3, 0.4) is 0 Å². The average molecular weight is 345 g/mol. The molecule has 0 radical (unpaired) electrons. The quantitative estimate of drug-likeness (QED) is 0.887. The van der Waals surface area contributed by atoms with Crippen molar-refractivity contribution >= 4 is 33.1 Å². The molecule has 1 aliphatic heterocycles. The highest BCUT2D eigenvalue weighted by Gasteiger charge is 2.35. The number of hydrogen-bond donors (Lipinski definition) is 1. The molecule has 0 spiro atoms. The highest BCUT2D eigenvalue weighted by atomic mass is 35.5. The molecule has 1 aliphatic rings. The van der Waals surface area contributed by atoms with Gasteiger partial charge in [0.1, 0.15) is 11.8 Å². The number of phenols is 1. The van der Waals surface area contributed by atoms with E-state index < -0.39 is 27.6 Å². The first-order valence-corrected chi connectivity index (χ1v) is 9.40. The molecule has 1 heterocycles. The van der Waals surface area contributed by atoms with Gasteiger partial charge in [0.05, 0.1) is 10.6 Å². The van der Waals surface area contributed by atoms with Crippen LogP contribution in [-0.4, -0.2) is 51.1 Å². The van der Waals surface area contributed by atoms with E-state index >= 15 is 0 Å². The number of phenolic OH excluding ortho intramolecular Hbond substituents is 1. The summed E-state index contributed by atoms with van der Waals surface area (Å²) < 4.78 is 15.3. The Morgan fingerprint density at radius 3 is 2.73 bits per heavy atom. The van der Waals surface area contributed by atoms with Crippen molar-refractivity contribution in [3.8, 4) is 5.75 Å². The number of hydrogen-bond acceptors (Lipinski definition) is 4. The zero-order valence-electron chi connectivity index (χ0n) is 12.3. The van der Waals surface area contributed by atoms with Crippen LogP contribution in [0.2, 0.25) is 5.02 Å². The van der Waals surface area contributed by atoms with Crippen LogP contribution in [0, 0.1) is 0 Å². The average Bonchev–Trinajstić information content (AvgIpc) is 2.88. The van der Waals surface area contributed by atoms with Crippen molar-refractivity contribution in [1.82, 2.24) is 4.90 Å². The topological polar surface area (TPSA) is 87.0 Å². The molecule has 1 aromatic rings. The van der Waals surface area contributed by atoms with Gasteiger partial charge in [0.25, 0.3) is 11.8 Å². The molecule has 2 amide bonds. The van der Waals surface area contributed by atoms with Crippen molar-refractivity contribution in [3.05, 3.63) is 28.8 Å². The molecule has 0 aliphatic carbocycles. The summed E-state index contributed by atoms with van der Waals surface area (Å²) in [5.74, 6) is -1.08. The first kappa shape index (κ1) is 16.8. The van der Waals surface area contributed by atoms with Gasteiger partial charge in [-0.25, -0.2) is 4.21 Å². The van der Waals surface area contributed by atoms with Crippen molar-refractivity contribution in [3.63, 3.8) is 0 Å². The van der Waals surface area contributed by atoms with E-state index in [9.17, 15) is 18.9 Å². The van der Waals surface area contributed by atoms with Gasteiger partial charge in [0, 0.05) is 28.8 Å². The molecular formula is C14H17ClN2O4S. The Hall–Kier alpha value is -1.60. The molecule has 1 N–H and O–H groups in total. The summed E-state index contributed by atoms with van der Waals surface area (Å²) in [6.45, 7) is 0.394. The molecule has 0 saturated carbocycles. The summed E-state index contributed by atoms with van der Waals surface area (Å²) in [7, 11) is -2.57. The maximum absolute atomic E-state index is 12.6. The van der Waals surface area contributed by atoms with E-state index in [2.05, 4.69) is 4.36 Å². The van der Waals surface area contributed by atoms with Crippen LogP contribution in [0.25, 0.3) is 0 Å². The van der Waals surface area contributed by atoms with Crippen molar-refractivity contribution in [2.45, 2.75) is 18.9 Å². The normalized spacial score (nSPS) is 18.3. The zero-order valence-corrected chi connectivity index (χ0v) is 13.9. The van der Waals surface area contributed by atoms with Gasteiger partial charge in [-0.15, -0.1) is 0 Å². The minimum Gasteiger partial charge on any atom is -0.508 e. The van der Waals surface area contributed by atoms with E-state index in [1.165, 1.54) is 35.6 Å². The Bertz CT molecular complexity index is 732. The van der Waals surface area contributed by atoms with E-state index in [1.54, 1.807) is 0 Å². The van der Waals surface area contributed by atoms with Gasteiger partial charge < -0.3 is 10.0 Å². The Morgan fingerprint density at radius 1 is 1.41 bits per heavy atom. The second-order valence-corrected chi connectivity index (χ2v) is 8.38. The number of rotatable bonds is 2. The molecule has 8 heteroatoms. The third kappa shape index (κ3) is 3.78. The van der Waals surface area contributed by atoms with E-state index in [-0.39, 0.29) is 16.3 Å². The zero-order chi connectivity index (χ0) is 16.5. The third-order valence-corrected chi connectivity index (χ3v) is 4.24. The number of carbonyl (C=O) groups excluding carboxylic acids is 2. The SMILES string of the molecule is CS(C)(=O)=NC(=O)[C@@H]1CCCN1C(=O)c1cc(O)ccc1Cl. The lowest BCUT2D eigenvalue weighted by atomic mass is 10.1. The van der Waals surface area contributed by atoms with Gasteiger partial charge in [0.15, 0.2) is 0 Å². The fourth-order valence-electron chi connectivity index (χ4n) is 2.38. The van der Waals surface area contributed by atoms with Gasteiger partial charge >= 0.3 is 0 Å². The van der Waals surface area contributed by atoms with Gasteiger partial charge in [-0.1, -0.05) is 11.6 Å². The second-order valence-electron chi connectivity index (χ2n) is 5.43. The van der Waals surface area contributed by atoms with E-state index in [1.807, 2.05) is 0 Å². The van der Waals surface area contributed by atoms with Crippen LogP contribution < -0.4 is 0 Å².